The first-order chi connectivity index (χ1) is 13.5. The van der Waals surface area contributed by atoms with Crippen LogP contribution in [0.3, 0.4) is 0 Å². The lowest BCUT2D eigenvalue weighted by Gasteiger charge is -2.31. The molecular weight excluding hydrogens is 361 g/mol. The molecule has 8 heteroatoms. The van der Waals surface area contributed by atoms with Gasteiger partial charge >= 0.3 is 0 Å². The number of aromatic nitrogens is 3. The molecule has 28 heavy (non-hydrogen) atoms. The number of rotatable bonds is 7. The molecule has 1 amide bonds. The summed E-state index contributed by atoms with van der Waals surface area (Å²) >= 11 is 0. The van der Waals surface area contributed by atoms with Crippen LogP contribution in [0, 0.1) is 5.82 Å². The van der Waals surface area contributed by atoms with E-state index in [0.717, 1.165) is 19.3 Å². The van der Waals surface area contributed by atoms with Crippen LogP contribution < -0.4 is 5.73 Å². The highest BCUT2D eigenvalue weighted by Crippen LogP contribution is 2.20. The molecule has 2 aromatic rings. The van der Waals surface area contributed by atoms with Crippen LogP contribution in [0.1, 0.15) is 55.5 Å². The fourth-order valence-electron chi connectivity index (χ4n) is 3.29. The lowest BCUT2D eigenvalue weighted by molar-refractivity contribution is 0.00812. The number of carbonyl (C=O) groups is 1. The van der Waals surface area contributed by atoms with Gasteiger partial charge in [0.25, 0.3) is 5.91 Å². The number of amides is 1. The molecule has 1 aliphatic rings. The second-order valence-corrected chi connectivity index (χ2v) is 7.34. The minimum Gasteiger partial charge on any atom is -0.378 e. The minimum absolute atomic E-state index is 0.0407. The lowest BCUT2D eigenvalue weighted by Crippen LogP contribution is -2.41. The molecule has 2 N–H and O–H groups in total. The van der Waals surface area contributed by atoms with Crippen LogP contribution in [0.4, 0.5) is 4.39 Å². The van der Waals surface area contributed by atoms with Gasteiger partial charge < -0.3 is 15.4 Å². The number of ether oxygens (including phenoxy) is 1. The zero-order chi connectivity index (χ0) is 20.1. The summed E-state index contributed by atoms with van der Waals surface area (Å²) < 4.78 is 21.0. The predicted octanol–water partition coefficient (Wildman–Crippen LogP) is 2.50. The number of halogens is 1. The Bertz CT molecular complexity index is 800. The number of nitrogens with two attached hydrogens (primary N) is 1. The molecule has 1 aromatic carbocycles. The van der Waals surface area contributed by atoms with Crippen LogP contribution >= 0.6 is 0 Å². The number of carbonyl (C=O) groups excluding carboxylic acids is 1. The maximum Gasteiger partial charge on any atom is 0.293 e. The average Bonchev–Trinajstić information content (AvgIpc) is 3.14. The molecule has 1 fully saturated rings. The van der Waals surface area contributed by atoms with E-state index in [1.165, 1.54) is 12.1 Å². The quantitative estimate of drug-likeness (QED) is 0.736. The normalized spacial score (nSPS) is 15.4. The van der Waals surface area contributed by atoms with Crippen molar-refractivity contribution < 1.29 is 13.9 Å². The van der Waals surface area contributed by atoms with Crippen molar-refractivity contribution in [1.29, 1.82) is 0 Å². The van der Waals surface area contributed by atoms with E-state index in [0.29, 0.717) is 37.8 Å². The Morgan fingerprint density at radius 2 is 2.11 bits per heavy atom. The van der Waals surface area contributed by atoms with Gasteiger partial charge in [0.15, 0.2) is 0 Å². The lowest BCUT2D eigenvalue weighted by atomic mass is 10.1. The Hall–Kier alpha value is -2.32. The van der Waals surface area contributed by atoms with Crippen molar-refractivity contribution >= 4 is 5.91 Å². The third kappa shape index (κ3) is 4.74. The summed E-state index contributed by atoms with van der Waals surface area (Å²) in [7, 11) is 0. The first kappa shape index (κ1) is 20.4. The third-order valence-corrected chi connectivity index (χ3v) is 4.82. The van der Waals surface area contributed by atoms with Crippen LogP contribution in [0.15, 0.2) is 24.3 Å². The van der Waals surface area contributed by atoms with Gasteiger partial charge in [-0.1, -0.05) is 19.9 Å². The Kier molecular flexibility index (Phi) is 6.74. The Morgan fingerprint density at radius 3 is 2.75 bits per heavy atom. The zero-order valence-electron chi connectivity index (χ0n) is 16.5. The molecule has 0 saturated carbocycles. The third-order valence-electron chi connectivity index (χ3n) is 4.82. The molecule has 1 aromatic heterocycles. The van der Waals surface area contributed by atoms with Crippen molar-refractivity contribution in [3.8, 4) is 5.69 Å². The highest BCUT2D eigenvalue weighted by Gasteiger charge is 2.28. The first-order valence-electron chi connectivity index (χ1n) is 9.83. The molecule has 7 nitrogen and oxygen atoms in total. The fourth-order valence-corrected chi connectivity index (χ4v) is 3.29. The molecule has 0 bridgehead atoms. The van der Waals surface area contributed by atoms with E-state index in [1.807, 2.05) is 13.8 Å². The standard InChI is InChI=1S/C20H28FN5O2/c1-14(2)19-23-18(24-26(19)16-6-3-5-15(21)13-16)20(27)25-10-7-17(8-11-25)28-12-4-9-22/h3,5-6,13-14,17H,4,7-12,22H2,1-2H3. The van der Waals surface area contributed by atoms with Gasteiger partial charge in [-0.25, -0.2) is 14.1 Å². The van der Waals surface area contributed by atoms with Crippen molar-refractivity contribution in [1.82, 2.24) is 19.7 Å². The highest BCUT2D eigenvalue weighted by atomic mass is 19.1. The van der Waals surface area contributed by atoms with Crippen molar-refractivity contribution in [2.75, 3.05) is 26.2 Å². The smallest absolute Gasteiger partial charge is 0.293 e. The predicted molar refractivity (Wildman–Crippen MR) is 104 cm³/mol. The number of likely N-dealkylation sites (tertiary alicyclic amines) is 1. The second kappa shape index (κ2) is 9.25. The number of piperidine rings is 1. The summed E-state index contributed by atoms with van der Waals surface area (Å²) in [5.41, 5.74) is 6.04. The van der Waals surface area contributed by atoms with Gasteiger partial charge in [0, 0.05) is 25.6 Å². The molecule has 0 atom stereocenters. The van der Waals surface area contributed by atoms with Gasteiger partial charge in [0.1, 0.15) is 11.6 Å². The summed E-state index contributed by atoms with van der Waals surface area (Å²) in [6.45, 7) is 6.44. The maximum atomic E-state index is 13.6. The largest absolute Gasteiger partial charge is 0.378 e. The average molecular weight is 389 g/mol. The topological polar surface area (TPSA) is 86.3 Å². The molecule has 0 radical (unpaired) electrons. The van der Waals surface area contributed by atoms with E-state index in [9.17, 15) is 9.18 Å². The van der Waals surface area contributed by atoms with E-state index >= 15 is 0 Å². The molecule has 1 aliphatic heterocycles. The van der Waals surface area contributed by atoms with E-state index in [4.69, 9.17) is 10.5 Å². The van der Waals surface area contributed by atoms with Crippen LogP contribution in [-0.2, 0) is 4.74 Å². The maximum absolute atomic E-state index is 13.6. The monoisotopic (exact) mass is 389 g/mol. The number of nitrogens with zero attached hydrogens (tertiary/aromatic N) is 4. The van der Waals surface area contributed by atoms with Gasteiger partial charge in [-0.2, -0.15) is 0 Å². The van der Waals surface area contributed by atoms with E-state index in [1.54, 1.807) is 21.7 Å². The van der Waals surface area contributed by atoms with Gasteiger partial charge in [-0.3, -0.25) is 4.79 Å². The first-order valence-corrected chi connectivity index (χ1v) is 9.83. The van der Waals surface area contributed by atoms with Gasteiger partial charge in [0.05, 0.1) is 11.8 Å². The van der Waals surface area contributed by atoms with Crippen LogP contribution in [-0.4, -0.2) is 57.9 Å². The number of benzene rings is 1. The molecular formula is C20H28FN5O2. The van der Waals surface area contributed by atoms with Gasteiger partial charge in [-0.05, 0) is 44.0 Å². The summed E-state index contributed by atoms with van der Waals surface area (Å²) in [6.07, 6.45) is 2.59. The highest BCUT2D eigenvalue weighted by molar-refractivity contribution is 5.90. The van der Waals surface area contributed by atoms with Gasteiger partial charge in [-0.15, -0.1) is 5.10 Å². The molecule has 3 rings (SSSR count). The van der Waals surface area contributed by atoms with Crippen molar-refractivity contribution in [2.45, 2.75) is 45.1 Å². The van der Waals surface area contributed by atoms with E-state index in [-0.39, 0.29) is 29.6 Å². The van der Waals surface area contributed by atoms with Crippen LogP contribution in [0.5, 0.6) is 0 Å². The molecule has 1 saturated heterocycles. The summed E-state index contributed by atoms with van der Waals surface area (Å²) in [5.74, 6) is 0.271. The Morgan fingerprint density at radius 1 is 1.36 bits per heavy atom. The summed E-state index contributed by atoms with van der Waals surface area (Å²) in [6, 6.07) is 6.13. The SMILES string of the molecule is CC(C)c1nc(C(=O)N2CCC(OCCCN)CC2)nn1-c1cccc(F)c1. The van der Waals surface area contributed by atoms with Crippen molar-refractivity contribution in [2.24, 2.45) is 5.73 Å². The zero-order valence-corrected chi connectivity index (χ0v) is 16.5. The van der Waals surface area contributed by atoms with E-state index in [2.05, 4.69) is 10.1 Å². The van der Waals surface area contributed by atoms with Crippen LogP contribution in [0.2, 0.25) is 0 Å². The molecule has 152 valence electrons. The summed E-state index contributed by atoms with van der Waals surface area (Å²) in [5, 5.41) is 4.40. The van der Waals surface area contributed by atoms with Crippen molar-refractivity contribution in [3.05, 3.63) is 41.7 Å². The van der Waals surface area contributed by atoms with Crippen LogP contribution in [0.25, 0.3) is 5.69 Å². The molecule has 0 unspecified atom stereocenters. The fraction of sp³-hybridized carbons (Fsp3) is 0.550. The van der Waals surface area contributed by atoms with Gasteiger partial charge in [0.2, 0.25) is 5.82 Å². The Balaban J connectivity index is 1.72. The molecule has 2 heterocycles. The molecule has 0 spiro atoms. The van der Waals surface area contributed by atoms with E-state index < -0.39 is 0 Å². The minimum atomic E-state index is -0.354. The Labute approximate surface area is 164 Å². The van der Waals surface area contributed by atoms with Crippen molar-refractivity contribution in [3.63, 3.8) is 0 Å². The second-order valence-electron chi connectivity index (χ2n) is 7.34. The number of hydrogen-bond acceptors (Lipinski definition) is 5. The molecule has 0 aliphatic carbocycles. The number of hydrogen-bond donors (Lipinski definition) is 1. The summed E-state index contributed by atoms with van der Waals surface area (Å²) in [4.78, 5) is 19.1.